The number of hydrogen-bond donors (Lipinski definition) is 1. The van der Waals surface area contributed by atoms with Gasteiger partial charge in [-0.1, -0.05) is 0 Å². The van der Waals surface area contributed by atoms with Gasteiger partial charge in [-0.15, -0.1) is 0 Å². The molecule has 1 N–H and O–H groups in total. The molecular weight excluding hydrogens is 224 g/mol. The highest BCUT2D eigenvalue weighted by Gasteiger charge is 2.13. The average Bonchev–Trinajstić information content (AvgIpc) is 2.56. The standard InChI is InChI=1S/C15H24N2O/c1-15(2,3)18-14-7-5-13(6-8-14)17-11-4-9-16-10-12-17/h5-8,16H,4,9-12H2,1-3H3. The minimum absolute atomic E-state index is 0.131. The van der Waals surface area contributed by atoms with Crippen molar-refractivity contribution >= 4 is 5.69 Å². The molecular formula is C15H24N2O. The lowest BCUT2D eigenvalue weighted by atomic mass is 10.2. The summed E-state index contributed by atoms with van der Waals surface area (Å²) < 4.78 is 5.84. The molecule has 0 aromatic heterocycles. The summed E-state index contributed by atoms with van der Waals surface area (Å²) in [5.74, 6) is 0.944. The molecule has 1 aliphatic heterocycles. The van der Waals surface area contributed by atoms with Crippen molar-refractivity contribution in [1.82, 2.24) is 5.32 Å². The van der Waals surface area contributed by atoms with Crippen molar-refractivity contribution in [2.75, 3.05) is 31.1 Å². The van der Waals surface area contributed by atoms with Crippen molar-refractivity contribution in [3.05, 3.63) is 24.3 Å². The molecule has 1 aromatic rings. The Hall–Kier alpha value is -1.22. The molecule has 2 rings (SSSR count). The van der Waals surface area contributed by atoms with Gasteiger partial charge in [0.25, 0.3) is 0 Å². The fourth-order valence-electron chi connectivity index (χ4n) is 2.18. The Balaban J connectivity index is 2.02. The van der Waals surface area contributed by atoms with Crippen LogP contribution in [0.3, 0.4) is 0 Å². The van der Waals surface area contributed by atoms with Gasteiger partial charge < -0.3 is 15.0 Å². The van der Waals surface area contributed by atoms with Crippen LogP contribution < -0.4 is 15.0 Å². The number of benzene rings is 1. The summed E-state index contributed by atoms with van der Waals surface area (Å²) in [5, 5.41) is 3.42. The normalized spacial score (nSPS) is 17.4. The lowest BCUT2D eigenvalue weighted by Gasteiger charge is -2.24. The number of rotatable bonds is 2. The highest BCUT2D eigenvalue weighted by molar-refractivity contribution is 5.49. The largest absolute Gasteiger partial charge is 0.488 e. The van der Waals surface area contributed by atoms with E-state index in [1.807, 2.05) is 0 Å². The maximum absolute atomic E-state index is 5.84. The molecule has 1 saturated heterocycles. The molecule has 1 aromatic carbocycles. The third kappa shape index (κ3) is 3.91. The van der Waals surface area contributed by atoms with E-state index in [4.69, 9.17) is 4.74 Å². The molecule has 3 heteroatoms. The molecule has 0 saturated carbocycles. The molecule has 0 atom stereocenters. The van der Waals surface area contributed by atoms with Crippen LogP contribution in [-0.2, 0) is 0 Å². The molecule has 0 bridgehead atoms. The van der Waals surface area contributed by atoms with Crippen molar-refractivity contribution in [1.29, 1.82) is 0 Å². The molecule has 1 heterocycles. The fraction of sp³-hybridized carbons (Fsp3) is 0.600. The second kappa shape index (κ2) is 5.61. The summed E-state index contributed by atoms with van der Waals surface area (Å²) in [6.45, 7) is 10.6. The van der Waals surface area contributed by atoms with Crippen LogP contribution in [0.1, 0.15) is 27.2 Å². The maximum Gasteiger partial charge on any atom is 0.120 e. The highest BCUT2D eigenvalue weighted by Crippen LogP contribution is 2.23. The first-order valence-corrected chi connectivity index (χ1v) is 6.79. The van der Waals surface area contributed by atoms with Crippen molar-refractivity contribution < 1.29 is 4.74 Å². The number of hydrogen-bond acceptors (Lipinski definition) is 3. The molecule has 0 spiro atoms. The first-order chi connectivity index (χ1) is 8.54. The zero-order valence-corrected chi connectivity index (χ0v) is 11.7. The van der Waals surface area contributed by atoms with Gasteiger partial charge in [0.05, 0.1) is 0 Å². The fourth-order valence-corrected chi connectivity index (χ4v) is 2.18. The summed E-state index contributed by atoms with van der Waals surface area (Å²) in [5.41, 5.74) is 1.16. The van der Waals surface area contributed by atoms with Crippen LogP contribution in [0.5, 0.6) is 5.75 Å². The van der Waals surface area contributed by atoms with Crippen molar-refractivity contribution in [3.8, 4) is 5.75 Å². The molecule has 0 amide bonds. The van der Waals surface area contributed by atoms with E-state index in [2.05, 4.69) is 55.3 Å². The maximum atomic E-state index is 5.84. The summed E-state index contributed by atoms with van der Waals surface area (Å²) >= 11 is 0. The molecule has 100 valence electrons. The number of nitrogens with zero attached hydrogens (tertiary/aromatic N) is 1. The van der Waals surface area contributed by atoms with Crippen LogP contribution in [0.4, 0.5) is 5.69 Å². The number of anilines is 1. The zero-order valence-electron chi connectivity index (χ0n) is 11.7. The van der Waals surface area contributed by atoms with Crippen molar-refractivity contribution in [3.63, 3.8) is 0 Å². The van der Waals surface area contributed by atoms with E-state index < -0.39 is 0 Å². The lowest BCUT2D eigenvalue weighted by molar-refractivity contribution is 0.131. The van der Waals surface area contributed by atoms with Crippen LogP contribution in [0.2, 0.25) is 0 Å². The predicted molar refractivity (Wildman–Crippen MR) is 76.5 cm³/mol. The van der Waals surface area contributed by atoms with Gasteiger partial charge in [-0.2, -0.15) is 0 Å². The van der Waals surface area contributed by atoms with Gasteiger partial charge >= 0.3 is 0 Å². The molecule has 18 heavy (non-hydrogen) atoms. The van der Waals surface area contributed by atoms with E-state index in [9.17, 15) is 0 Å². The molecule has 3 nitrogen and oxygen atoms in total. The predicted octanol–water partition coefficient (Wildman–Crippen LogP) is 2.66. The zero-order chi connectivity index (χ0) is 13.0. The minimum atomic E-state index is -0.131. The molecule has 1 fully saturated rings. The summed E-state index contributed by atoms with van der Waals surface area (Å²) in [4.78, 5) is 2.43. The molecule has 0 radical (unpaired) electrons. The van der Waals surface area contributed by atoms with Gasteiger partial charge in [0, 0.05) is 25.3 Å². The van der Waals surface area contributed by atoms with Crippen LogP contribution in [0, 0.1) is 0 Å². The van der Waals surface area contributed by atoms with Crippen LogP contribution in [0.15, 0.2) is 24.3 Å². The van der Waals surface area contributed by atoms with Gasteiger partial charge in [0.1, 0.15) is 11.4 Å². The van der Waals surface area contributed by atoms with E-state index in [1.54, 1.807) is 0 Å². The molecule has 0 unspecified atom stereocenters. The second-order valence-corrected chi connectivity index (χ2v) is 5.80. The van der Waals surface area contributed by atoms with Crippen LogP contribution in [0.25, 0.3) is 0 Å². The second-order valence-electron chi connectivity index (χ2n) is 5.80. The van der Waals surface area contributed by atoms with Crippen LogP contribution in [-0.4, -0.2) is 31.8 Å². The molecule has 0 aliphatic carbocycles. The Morgan fingerprint density at radius 1 is 1.06 bits per heavy atom. The van der Waals surface area contributed by atoms with E-state index >= 15 is 0 Å². The summed E-state index contributed by atoms with van der Waals surface area (Å²) in [6.07, 6.45) is 1.21. The lowest BCUT2D eigenvalue weighted by Crippen LogP contribution is -2.27. The first kappa shape index (κ1) is 13.2. The Morgan fingerprint density at radius 3 is 2.44 bits per heavy atom. The van der Waals surface area contributed by atoms with Gasteiger partial charge in [-0.25, -0.2) is 0 Å². The quantitative estimate of drug-likeness (QED) is 0.871. The van der Waals surface area contributed by atoms with Gasteiger partial charge in [0.2, 0.25) is 0 Å². The third-order valence-electron chi connectivity index (χ3n) is 2.97. The van der Waals surface area contributed by atoms with E-state index in [0.717, 1.165) is 31.9 Å². The Labute approximate surface area is 110 Å². The summed E-state index contributed by atoms with van der Waals surface area (Å²) in [6, 6.07) is 8.45. The smallest absolute Gasteiger partial charge is 0.120 e. The number of nitrogens with one attached hydrogen (secondary N) is 1. The van der Waals surface area contributed by atoms with Crippen molar-refractivity contribution in [2.24, 2.45) is 0 Å². The molecule has 1 aliphatic rings. The van der Waals surface area contributed by atoms with E-state index in [1.165, 1.54) is 12.1 Å². The van der Waals surface area contributed by atoms with Crippen molar-refractivity contribution in [2.45, 2.75) is 32.8 Å². The van der Waals surface area contributed by atoms with Crippen LogP contribution >= 0.6 is 0 Å². The monoisotopic (exact) mass is 248 g/mol. The third-order valence-corrected chi connectivity index (χ3v) is 2.97. The Kier molecular flexibility index (Phi) is 4.12. The number of ether oxygens (including phenoxy) is 1. The highest BCUT2D eigenvalue weighted by atomic mass is 16.5. The van der Waals surface area contributed by atoms with E-state index in [-0.39, 0.29) is 5.60 Å². The summed E-state index contributed by atoms with van der Waals surface area (Å²) in [7, 11) is 0. The first-order valence-electron chi connectivity index (χ1n) is 6.79. The average molecular weight is 248 g/mol. The topological polar surface area (TPSA) is 24.5 Å². The SMILES string of the molecule is CC(C)(C)Oc1ccc(N2CCCNCC2)cc1. The van der Waals surface area contributed by atoms with Gasteiger partial charge in [-0.3, -0.25) is 0 Å². The Bertz CT molecular complexity index is 359. The minimum Gasteiger partial charge on any atom is -0.488 e. The van der Waals surface area contributed by atoms with Gasteiger partial charge in [0.15, 0.2) is 0 Å². The Morgan fingerprint density at radius 2 is 1.78 bits per heavy atom. The van der Waals surface area contributed by atoms with E-state index in [0.29, 0.717) is 0 Å². The van der Waals surface area contributed by atoms with Gasteiger partial charge in [-0.05, 0) is 58.0 Å².